The monoisotopic (exact) mass is 283 g/mol. The topological polar surface area (TPSA) is 55.8 Å². The quantitative estimate of drug-likeness (QED) is 0.761. The third-order valence-electron chi connectivity index (χ3n) is 4.94. The predicted octanol–water partition coefficient (Wildman–Crippen LogP) is 0.996. The van der Waals surface area contributed by atoms with Crippen LogP contribution in [0.4, 0.5) is 0 Å². The van der Waals surface area contributed by atoms with E-state index in [1.54, 1.807) is 0 Å². The van der Waals surface area contributed by atoms with Crippen molar-refractivity contribution in [2.24, 2.45) is 0 Å². The molecule has 116 valence electrons. The maximum absolute atomic E-state index is 11.5. The van der Waals surface area contributed by atoms with Crippen molar-refractivity contribution in [3.63, 3.8) is 0 Å². The number of carboxylic acids is 1. The van der Waals surface area contributed by atoms with Crippen molar-refractivity contribution in [1.29, 1.82) is 0 Å². The zero-order chi connectivity index (χ0) is 14.9. The number of likely N-dealkylation sites (N-methyl/N-ethyl adjacent to an activating group) is 1. The standard InChI is InChI=1S/C15H29N3O2/c1-11-9-18(10-12(2)17(11)4)8-7-15(3,14(19)20)16-13-5-6-13/h11-13,16H,5-10H2,1-4H3,(H,19,20). The highest BCUT2D eigenvalue weighted by Crippen LogP contribution is 2.25. The Labute approximate surface area is 122 Å². The molecule has 1 heterocycles. The van der Waals surface area contributed by atoms with Gasteiger partial charge in [0, 0.05) is 37.8 Å². The van der Waals surface area contributed by atoms with Gasteiger partial charge in [0.15, 0.2) is 0 Å². The Morgan fingerprint density at radius 2 is 1.85 bits per heavy atom. The van der Waals surface area contributed by atoms with Gasteiger partial charge >= 0.3 is 5.97 Å². The van der Waals surface area contributed by atoms with Gasteiger partial charge < -0.3 is 10.0 Å². The molecule has 1 saturated heterocycles. The molecule has 1 aliphatic carbocycles. The fourth-order valence-corrected chi connectivity index (χ4v) is 3.00. The number of piperazine rings is 1. The van der Waals surface area contributed by atoms with Crippen LogP contribution in [-0.4, -0.2) is 71.2 Å². The largest absolute Gasteiger partial charge is 0.480 e. The molecule has 1 aliphatic heterocycles. The number of hydrogen-bond acceptors (Lipinski definition) is 4. The average Bonchev–Trinajstić information content (AvgIpc) is 3.17. The van der Waals surface area contributed by atoms with Crippen molar-refractivity contribution in [3.05, 3.63) is 0 Å². The van der Waals surface area contributed by atoms with Gasteiger partial charge in [0.1, 0.15) is 5.54 Å². The molecule has 2 aliphatic rings. The second-order valence-electron chi connectivity index (χ2n) is 6.93. The van der Waals surface area contributed by atoms with Crippen LogP contribution in [0.25, 0.3) is 0 Å². The van der Waals surface area contributed by atoms with Crippen molar-refractivity contribution >= 4 is 5.97 Å². The molecule has 0 aromatic carbocycles. The van der Waals surface area contributed by atoms with Gasteiger partial charge in [0.2, 0.25) is 0 Å². The molecular weight excluding hydrogens is 254 g/mol. The lowest BCUT2D eigenvalue weighted by Crippen LogP contribution is -2.57. The Bertz CT molecular complexity index is 347. The molecule has 3 atom stereocenters. The van der Waals surface area contributed by atoms with Crippen LogP contribution in [0.2, 0.25) is 0 Å². The van der Waals surface area contributed by atoms with E-state index in [2.05, 4.69) is 36.0 Å². The summed E-state index contributed by atoms with van der Waals surface area (Å²) in [6.45, 7) is 9.21. The first-order chi connectivity index (χ1) is 9.32. The molecule has 5 heteroatoms. The number of aliphatic carboxylic acids is 1. The smallest absolute Gasteiger partial charge is 0.323 e. The van der Waals surface area contributed by atoms with Crippen LogP contribution in [-0.2, 0) is 4.79 Å². The van der Waals surface area contributed by atoms with Crippen molar-refractivity contribution in [3.8, 4) is 0 Å². The van der Waals surface area contributed by atoms with Crippen molar-refractivity contribution in [1.82, 2.24) is 15.1 Å². The number of nitrogens with one attached hydrogen (secondary N) is 1. The van der Waals surface area contributed by atoms with Gasteiger partial charge in [-0.25, -0.2) is 0 Å². The van der Waals surface area contributed by atoms with Gasteiger partial charge in [0.25, 0.3) is 0 Å². The van der Waals surface area contributed by atoms with Crippen molar-refractivity contribution in [2.45, 2.75) is 63.7 Å². The Morgan fingerprint density at radius 1 is 1.30 bits per heavy atom. The minimum Gasteiger partial charge on any atom is -0.480 e. The third-order valence-corrected chi connectivity index (χ3v) is 4.94. The molecule has 3 unspecified atom stereocenters. The number of nitrogens with zero attached hydrogens (tertiary/aromatic N) is 2. The van der Waals surface area contributed by atoms with E-state index in [4.69, 9.17) is 0 Å². The van der Waals surface area contributed by atoms with Crippen LogP contribution in [0.5, 0.6) is 0 Å². The summed E-state index contributed by atoms with van der Waals surface area (Å²) in [7, 11) is 2.17. The lowest BCUT2D eigenvalue weighted by molar-refractivity contribution is -0.144. The lowest BCUT2D eigenvalue weighted by Gasteiger charge is -2.43. The van der Waals surface area contributed by atoms with Gasteiger partial charge in [0.05, 0.1) is 0 Å². The molecule has 0 spiro atoms. The summed E-state index contributed by atoms with van der Waals surface area (Å²) in [4.78, 5) is 16.4. The first-order valence-electron chi connectivity index (χ1n) is 7.77. The maximum Gasteiger partial charge on any atom is 0.323 e. The first-order valence-corrected chi connectivity index (χ1v) is 7.77. The van der Waals surface area contributed by atoms with Crippen molar-refractivity contribution < 1.29 is 9.90 Å². The minimum atomic E-state index is -0.781. The molecule has 0 aromatic heterocycles. The summed E-state index contributed by atoms with van der Waals surface area (Å²) >= 11 is 0. The number of carboxylic acid groups (broad SMARTS) is 1. The molecule has 1 saturated carbocycles. The molecule has 5 nitrogen and oxygen atoms in total. The highest BCUT2D eigenvalue weighted by molar-refractivity contribution is 5.78. The molecule has 2 rings (SSSR count). The van der Waals surface area contributed by atoms with Crippen LogP contribution in [0.15, 0.2) is 0 Å². The lowest BCUT2D eigenvalue weighted by atomic mass is 9.96. The SMILES string of the molecule is CC1CN(CCC(C)(NC2CC2)C(=O)O)CC(C)N1C. The summed E-state index contributed by atoms with van der Waals surface area (Å²) in [6, 6.07) is 1.49. The van der Waals surface area contributed by atoms with Crippen LogP contribution in [0.3, 0.4) is 0 Å². The number of carbonyl (C=O) groups is 1. The van der Waals surface area contributed by atoms with E-state index < -0.39 is 11.5 Å². The maximum atomic E-state index is 11.5. The van der Waals surface area contributed by atoms with E-state index >= 15 is 0 Å². The van der Waals surface area contributed by atoms with Gasteiger partial charge in [-0.3, -0.25) is 15.0 Å². The Hall–Kier alpha value is -0.650. The second-order valence-corrected chi connectivity index (χ2v) is 6.93. The minimum absolute atomic E-state index is 0.418. The zero-order valence-corrected chi connectivity index (χ0v) is 13.2. The molecule has 0 aromatic rings. The van der Waals surface area contributed by atoms with Crippen LogP contribution in [0, 0.1) is 0 Å². The predicted molar refractivity (Wildman–Crippen MR) is 79.9 cm³/mol. The van der Waals surface area contributed by atoms with Gasteiger partial charge in [-0.05, 0) is 47.1 Å². The summed E-state index contributed by atoms with van der Waals surface area (Å²) < 4.78 is 0. The highest BCUT2D eigenvalue weighted by atomic mass is 16.4. The fourth-order valence-electron chi connectivity index (χ4n) is 3.00. The van der Waals surface area contributed by atoms with Gasteiger partial charge in [-0.2, -0.15) is 0 Å². The third kappa shape index (κ3) is 3.71. The van der Waals surface area contributed by atoms with Crippen LogP contribution < -0.4 is 5.32 Å². The molecule has 20 heavy (non-hydrogen) atoms. The molecule has 0 radical (unpaired) electrons. The number of rotatable bonds is 6. The first kappa shape index (κ1) is 15.7. The molecule has 0 amide bonds. The molecule has 2 N–H and O–H groups in total. The van der Waals surface area contributed by atoms with E-state index in [1.807, 2.05) is 6.92 Å². The highest BCUT2D eigenvalue weighted by Gasteiger charge is 2.39. The average molecular weight is 283 g/mol. The van der Waals surface area contributed by atoms with Crippen LogP contribution in [0.1, 0.15) is 40.0 Å². The fraction of sp³-hybridized carbons (Fsp3) is 0.933. The summed E-state index contributed by atoms with van der Waals surface area (Å²) in [5, 5.41) is 12.8. The second kappa shape index (κ2) is 6.00. The number of hydrogen-bond donors (Lipinski definition) is 2. The summed E-state index contributed by atoms with van der Waals surface area (Å²) in [5.41, 5.74) is -0.781. The van der Waals surface area contributed by atoms with Crippen LogP contribution >= 0.6 is 0 Å². The van der Waals surface area contributed by atoms with E-state index in [0.29, 0.717) is 24.5 Å². The van der Waals surface area contributed by atoms with E-state index in [1.165, 1.54) is 0 Å². The summed E-state index contributed by atoms with van der Waals surface area (Å²) in [6.07, 6.45) is 2.90. The Kier molecular flexibility index (Phi) is 4.72. The molecule has 0 bridgehead atoms. The van der Waals surface area contributed by atoms with Gasteiger partial charge in [-0.1, -0.05) is 0 Å². The van der Waals surface area contributed by atoms with E-state index in [9.17, 15) is 9.90 Å². The Balaban J connectivity index is 1.87. The van der Waals surface area contributed by atoms with E-state index in [0.717, 1.165) is 32.5 Å². The molecular formula is C15H29N3O2. The van der Waals surface area contributed by atoms with E-state index in [-0.39, 0.29) is 0 Å². The van der Waals surface area contributed by atoms with Crippen molar-refractivity contribution in [2.75, 3.05) is 26.7 Å². The summed E-state index contributed by atoms with van der Waals surface area (Å²) in [5.74, 6) is -0.723. The van der Waals surface area contributed by atoms with Gasteiger partial charge in [-0.15, -0.1) is 0 Å². The normalized spacial score (nSPS) is 32.0. The molecule has 2 fully saturated rings. The Morgan fingerprint density at radius 3 is 2.30 bits per heavy atom. The zero-order valence-electron chi connectivity index (χ0n) is 13.2.